The first-order valence-electron chi connectivity index (χ1n) is 7.20. The van der Waals surface area contributed by atoms with Gasteiger partial charge in [0.1, 0.15) is 5.82 Å². The lowest BCUT2D eigenvalue weighted by Gasteiger charge is -2.17. The molecule has 0 fully saturated rings. The van der Waals surface area contributed by atoms with Crippen LogP contribution < -0.4 is 0 Å². The highest BCUT2D eigenvalue weighted by molar-refractivity contribution is 6.17. The maximum absolute atomic E-state index is 5.92. The SMILES string of the molecule is CCCCC(C)n1c(CCCl)nc2ccc(C)cc21. The van der Waals surface area contributed by atoms with Gasteiger partial charge in [0.15, 0.2) is 0 Å². The molecular weight excluding hydrogens is 256 g/mol. The summed E-state index contributed by atoms with van der Waals surface area (Å²) in [5.74, 6) is 1.75. The van der Waals surface area contributed by atoms with Gasteiger partial charge in [-0.15, -0.1) is 11.6 Å². The van der Waals surface area contributed by atoms with Gasteiger partial charge < -0.3 is 4.57 Å². The van der Waals surface area contributed by atoms with E-state index in [4.69, 9.17) is 16.6 Å². The average Bonchev–Trinajstić information content (AvgIpc) is 2.73. The van der Waals surface area contributed by atoms with Crippen LogP contribution >= 0.6 is 11.6 Å². The minimum Gasteiger partial charge on any atom is -0.325 e. The van der Waals surface area contributed by atoms with Crippen molar-refractivity contribution in [2.45, 2.75) is 52.5 Å². The van der Waals surface area contributed by atoms with E-state index in [2.05, 4.69) is 43.5 Å². The largest absolute Gasteiger partial charge is 0.325 e. The number of hydrogen-bond donors (Lipinski definition) is 0. The van der Waals surface area contributed by atoms with Crippen LogP contribution in [0.15, 0.2) is 18.2 Å². The van der Waals surface area contributed by atoms with Crippen molar-refractivity contribution >= 4 is 22.6 Å². The molecule has 19 heavy (non-hydrogen) atoms. The number of aromatic nitrogens is 2. The Morgan fingerprint density at radius 2 is 2.16 bits per heavy atom. The monoisotopic (exact) mass is 278 g/mol. The van der Waals surface area contributed by atoms with Gasteiger partial charge in [0.25, 0.3) is 0 Å². The Morgan fingerprint density at radius 3 is 2.84 bits per heavy atom. The summed E-state index contributed by atoms with van der Waals surface area (Å²) in [5, 5.41) is 0. The Labute approximate surface area is 120 Å². The first-order valence-corrected chi connectivity index (χ1v) is 7.74. The molecule has 1 atom stereocenters. The molecule has 0 amide bonds. The highest BCUT2D eigenvalue weighted by Gasteiger charge is 2.15. The van der Waals surface area contributed by atoms with Crippen LogP contribution in [0.25, 0.3) is 11.0 Å². The standard InChI is InChI=1S/C16H23ClN2/c1-4-5-6-13(3)19-15-11-12(2)7-8-14(15)18-16(19)9-10-17/h7-8,11,13H,4-6,9-10H2,1-3H3. The van der Waals surface area contributed by atoms with Crippen molar-refractivity contribution < 1.29 is 0 Å². The third kappa shape index (κ3) is 3.11. The van der Waals surface area contributed by atoms with E-state index in [0.717, 1.165) is 17.8 Å². The van der Waals surface area contributed by atoms with E-state index in [1.54, 1.807) is 0 Å². The van der Waals surface area contributed by atoms with Crippen molar-refractivity contribution in [2.24, 2.45) is 0 Å². The average molecular weight is 279 g/mol. The topological polar surface area (TPSA) is 17.8 Å². The second-order valence-electron chi connectivity index (χ2n) is 5.32. The van der Waals surface area contributed by atoms with Crippen molar-refractivity contribution in [2.75, 3.05) is 5.88 Å². The van der Waals surface area contributed by atoms with E-state index < -0.39 is 0 Å². The molecule has 0 saturated carbocycles. The van der Waals surface area contributed by atoms with Gasteiger partial charge >= 0.3 is 0 Å². The van der Waals surface area contributed by atoms with Crippen molar-refractivity contribution in [3.63, 3.8) is 0 Å². The molecule has 0 bridgehead atoms. The molecule has 0 aliphatic rings. The molecule has 3 heteroatoms. The molecule has 0 aliphatic heterocycles. The van der Waals surface area contributed by atoms with E-state index in [-0.39, 0.29) is 0 Å². The molecule has 0 N–H and O–H groups in total. The summed E-state index contributed by atoms with van der Waals surface area (Å²) in [5.41, 5.74) is 3.63. The second-order valence-corrected chi connectivity index (χ2v) is 5.70. The van der Waals surface area contributed by atoms with Crippen LogP contribution in [0.3, 0.4) is 0 Å². The Bertz CT molecular complexity index is 545. The minimum absolute atomic E-state index is 0.491. The summed E-state index contributed by atoms with van der Waals surface area (Å²) in [4.78, 5) is 4.75. The van der Waals surface area contributed by atoms with Crippen molar-refractivity contribution in [1.82, 2.24) is 9.55 Å². The lowest BCUT2D eigenvalue weighted by molar-refractivity contribution is 0.482. The van der Waals surface area contributed by atoms with Gasteiger partial charge in [-0.1, -0.05) is 25.8 Å². The van der Waals surface area contributed by atoms with Gasteiger partial charge in [-0.25, -0.2) is 4.98 Å². The van der Waals surface area contributed by atoms with Crippen LogP contribution in [0, 0.1) is 6.92 Å². The lowest BCUT2D eigenvalue weighted by Crippen LogP contribution is -2.10. The second kappa shape index (κ2) is 6.42. The van der Waals surface area contributed by atoms with Crippen LogP contribution in [-0.4, -0.2) is 15.4 Å². The quantitative estimate of drug-likeness (QED) is 0.689. The van der Waals surface area contributed by atoms with E-state index in [1.165, 1.54) is 30.3 Å². The highest BCUT2D eigenvalue weighted by Crippen LogP contribution is 2.25. The summed E-state index contributed by atoms with van der Waals surface area (Å²) in [7, 11) is 0. The highest BCUT2D eigenvalue weighted by atomic mass is 35.5. The van der Waals surface area contributed by atoms with Crippen LogP contribution in [0.5, 0.6) is 0 Å². The van der Waals surface area contributed by atoms with Crippen LogP contribution in [0.4, 0.5) is 0 Å². The fraction of sp³-hybridized carbons (Fsp3) is 0.562. The number of halogens is 1. The molecule has 0 spiro atoms. The van der Waals surface area contributed by atoms with Crippen LogP contribution in [-0.2, 0) is 6.42 Å². The van der Waals surface area contributed by atoms with E-state index in [1.807, 2.05) is 0 Å². The van der Waals surface area contributed by atoms with E-state index in [0.29, 0.717) is 11.9 Å². The zero-order valence-electron chi connectivity index (χ0n) is 12.1. The molecule has 2 aromatic rings. The Morgan fingerprint density at radius 1 is 1.37 bits per heavy atom. The molecule has 1 heterocycles. The number of imidazole rings is 1. The molecule has 104 valence electrons. The molecular formula is C16H23ClN2. The number of rotatable bonds is 6. The fourth-order valence-corrected chi connectivity index (χ4v) is 2.80. The molecule has 1 aromatic heterocycles. The Kier molecular flexibility index (Phi) is 4.87. The van der Waals surface area contributed by atoms with Gasteiger partial charge in [-0.05, 0) is 38.0 Å². The van der Waals surface area contributed by atoms with Gasteiger partial charge in [0.2, 0.25) is 0 Å². The Balaban J connectivity index is 2.46. The molecule has 0 aliphatic carbocycles. The Hall–Kier alpha value is -1.02. The summed E-state index contributed by atoms with van der Waals surface area (Å²) in [6, 6.07) is 6.97. The third-order valence-electron chi connectivity index (χ3n) is 3.65. The van der Waals surface area contributed by atoms with E-state index in [9.17, 15) is 0 Å². The summed E-state index contributed by atoms with van der Waals surface area (Å²) in [6.07, 6.45) is 4.53. The minimum atomic E-state index is 0.491. The smallest absolute Gasteiger partial charge is 0.111 e. The molecule has 1 unspecified atom stereocenters. The zero-order valence-corrected chi connectivity index (χ0v) is 12.9. The van der Waals surface area contributed by atoms with Gasteiger partial charge in [-0.3, -0.25) is 0 Å². The predicted octanol–water partition coefficient (Wildman–Crippen LogP) is 4.88. The van der Waals surface area contributed by atoms with Crippen molar-refractivity contribution in [3.05, 3.63) is 29.6 Å². The van der Waals surface area contributed by atoms with Crippen molar-refractivity contribution in [3.8, 4) is 0 Å². The number of alkyl halides is 1. The third-order valence-corrected chi connectivity index (χ3v) is 3.84. The van der Waals surface area contributed by atoms with Crippen LogP contribution in [0.1, 0.15) is 50.5 Å². The summed E-state index contributed by atoms with van der Waals surface area (Å²) >= 11 is 5.92. The normalized spacial score (nSPS) is 13.1. The van der Waals surface area contributed by atoms with Crippen molar-refractivity contribution in [1.29, 1.82) is 0 Å². The number of hydrogen-bond acceptors (Lipinski definition) is 1. The van der Waals surface area contributed by atoms with Crippen LogP contribution in [0.2, 0.25) is 0 Å². The summed E-state index contributed by atoms with van der Waals surface area (Å²) in [6.45, 7) is 6.66. The molecule has 0 radical (unpaired) electrons. The summed E-state index contributed by atoms with van der Waals surface area (Å²) < 4.78 is 2.39. The number of aryl methyl sites for hydroxylation is 2. The maximum Gasteiger partial charge on any atom is 0.111 e. The molecule has 0 saturated heterocycles. The first-order chi connectivity index (χ1) is 9.17. The van der Waals surface area contributed by atoms with Gasteiger partial charge in [0.05, 0.1) is 11.0 Å². The number of fused-ring (bicyclic) bond motifs is 1. The number of nitrogens with zero attached hydrogens (tertiary/aromatic N) is 2. The van der Waals surface area contributed by atoms with E-state index >= 15 is 0 Å². The zero-order chi connectivity index (χ0) is 13.8. The molecule has 2 nitrogen and oxygen atoms in total. The molecule has 1 aromatic carbocycles. The lowest BCUT2D eigenvalue weighted by atomic mass is 10.1. The first kappa shape index (κ1) is 14.4. The van der Waals surface area contributed by atoms with Gasteiger partial charge in [0, 0.05) is 18.3 Å². The molecule has 2 rings (SSSR count). The predicted molar refractivity (Wildman–Crippen MR) is 83.1 cm³/mol. The maximum atomic E-state index is 5.92. The number of benzene rings is 1. The fourth-order valence-electron chi connectivity index (χ4n) is 2.63. The number of unbranched alkanes of at least 4 members (excludes halogenated alkanes) is 1. The van der Waals surface area contributed by atoms with Gasteiger partial charge in [-0.2, -0.15) is 0 Å².